The third kappa shape index (κ3) is 3.26. The molecule has 2 aliphatic rings. The van der Waals surface area contributed by atoms with Crippen LogP contribution in [0.4, 0.5) is 0 Å². The molecule has 2 aliphatic heterocycles. The maximum atomic E-state index is 12.5. The van der Waals surface area contributed by atoms with E-state index in [0.29, 0.717) is 10.9 Å². The lowest BCUT2D eigenvalue weighted by atomic mass is 10.2. The van der Waals surface area contributed by atoms with Crippen molar-refractivity contribution < 1.29 is 9.53 Å². The first kappa shape index (κ1) is 15.3. The zero-order chi connectivity index (χ0) is 14.8. The zero-order valence-corrected chi connectivity index (χ0v) is 14.6. The lowest BCUT2D eigenvalue weighted by Gasteiger charge is -2.14. The lowest BCUT2D eigenvalue weighted by Crippen LogP contribution is -2.27. The molecule has 3 nitrogen and oxygen atoms in total. The molecule has 1 amide bonds. The number of ether oxygens (including phenoxy) is 1. The van der Waals surface area contributed by atoms with Crippen LogP contribution in [0.3, 0.4) is 0 Å². The Balaban J connectivity index is 1.77. The fourth-order valence-corrected chi connectivity index (χ4v) is 6.03. The highest BCUT2D eigenvalue weighted by molar-refractivity contribution is 8.30. The number of hydrogen-bond acceptors (Lipinski definition) is 6. The van der Waals surface area contributed by atoms with E-state index in [1.54, 1.807) is 35.5 Å². The molecule has 0 bridgehead atoms. The standard InChI is InChI=1S/C14H13NO2S4/c1-17-10-4-2-9(3-5-10)8-15-12(16)11(21-14(15)18)13-19-6-7-20-13/h2-5H,6-8H2,1H3. The van der Waals surface area contributed by atoms with Crippen LogP contribution in [0.15, 0.2) is 33.4 Å². The van der Waals surface area contributed by atoms with E-state index in [1.165, 1.54) is 11.8 Å². The van der Waals surface area contributed by atoms with E-state index < -0.39 is 0 Å². The lowest BCUT2D eigenvalue weighted by molar-refractivity contribution is -0.122. The van der Waals surface area contributed by atoms with Crippen LogP contribution in [0, 0.1) is 0 Å². The summed E-state index contributed by atoms with van der Waals surface area (Å²) in [5.74, 6) is 2.99. The second-order valence-electron chi connectivity index (χ2n) is 4.42. The van der Waals surface area contributed by atoms with Gasteiger partial charge in [0.2, 0.25) is 0 Å². The number of thiocarbonyl (C=S) groups is 1. The molecule has 7 heteroatoms. The molecule has 1 aromatic rings. The molecular weight excluding hydrogens is 342 g/mol. The van der Waals surface area contributed by atoms with Crippen molar-refractivity contribution >= 4 is 57.7 Å². The Morgan fingerprint density at radius 1 is 1.24 bits per heavy atom. The topological polar surface area (TPSA) is 29.5 Å². The van der Waals surface area contributed by atoms with Crippen molar-refractivity contribution in [1.82, 2.24) is 4.90 Å². The third-order valence-corrected chi connectivity index (χ3v) is 7.51. The number of thioether (sulfide) groups is 3. The minimum absolute atomic E-state index is 0.0396. The first-order valence-electron chi connectivity index (χ1n) is 6.35. The van der Waals surface area contributed by atoms with E-state index in [2.05, 4.69) is 0 Å². The SMILES string of the molecule is COc1ccc(CN2C(=O)C(=C3SCCS3)SC2=S)cc1. The Labute approximate surface area is 141 Å². The van der Waals surface area contributed by atoms with Gasteiger partial charge in [-0.1, -0.05) is 36.1 Å². The van der Waals surface area contributed by atoms with Crippen molar-refractivity contribution in [2.75, 3.05) is 18.6 Å². The Kier molecular flexibility index (Phi) is 4.83. The molecule has 110 valence electrons. The monoisotopic (exact) mass is 355 g/mol. The van der Waals surface area contributed by atoms with Crippen molar-refractivity contribution in [2.24, 2.45) is 0 Å². The van der Waals surface area contributed by atoms with Crippen molar-refractivity contribution in [2.45, 2.75) is 6.54 Å². The highest BCUT2D eigenvalue weighted by Crippen LogP contribution is 2.46. The Morgan fingerprint density at radius 2 is 1.90 bits per heavy atom. The molecular formula is C14H13NO2S4. The van der Waals surface area contributed by atoms with Gasteiger partial charge in [-0.2, -0.15) is 0 Å². The number of carbonyl (C=O) groups is 1. The molecule has 0 aliphatic carbocycles. The van der Waals surface area contributed by atoms with Crippen LogP contribution < -0.4 is 4.74 Å². The zero-order valence-electron chi connectivity index (χ0n) is 11.3. The van der Waals surface area contributed by atoms with E-state index in [4.69, 9.17) is 17.0 Å². The number of benzene rings is 1. The minimum Gasteiger partial charge on any atom is -0.497 e. The third-order valence-electron chi connectivity index (χ3n) is 3.08. The van der Waals surface area contributed by atoms with Crippen LogP contribution in [0.25, 0.3) is 0 Å². The molecule has 0 atom stereocenters. The van der Waals surface area contributed by atoms with Crippen molar-refractivity contribution in [1.29, 1.82) is 0 Å². The predicted molar refractivity (Wildman–Crippen MR) is 95.7 cm³/mol. The summed E-state index contributed by atoms with van der Waals surface area (Å²) in [5.41, 5.74) is 1.05. The van der Waals surface area contributed by atoms with Crippen LogP contribution in [0.2, 0.25) is 0 Å². The van der Waals surface area contributed by atoms with E-state index in [-0.39, 0.29) is 5.91 Å². The molecule has 0 spiro atoms. The van der Waals surface area contributed by atoms with Gasteiger partial charge < -0.3 is 4.74 Å². The van der Waals surface area contributed by atoms with E-state index in [1.807, 2.05) is 24.3 Å². The summed E-state index contributed by atoms with van der Waals surface area (Å²) in [7, 11) is 1.64. The fourth-order valence-electron chi connectivity index (χ4n) is 2.01. The van der Waals surface area contributed by atoms with Crippen molar-refractivity contribution in [3.8, 4) is 5.75 Å². The summed E-state index contributed by atoms with van der Waals surface area (Å²) in [6.45, 7) is 0.515. The van der Waals surface area contributed by atoms with E-state index >= 15 is 0 Å². The van der Waals surface area contributed by atoms with E-state index in [0.717, 1.165) is 32.0 Å². The number of nitrogens with zero attached hydrogens (tertiary/aromatic N) is 1. The number of hydrogen-bond donors (Lipinski definition) is 0. The molecule has 2 fully saturated rings. The number of rotatable bonds is 3. The predicted octanol–water partition coefficient (Wildman–Crippen LogP) is 3.70. The molecule has 3 rings (SSSR count). The fraction of sp³-hybridized carbons (Fsp3) is 0.286. The normalized spacial score (nSPS) is 18.8. The minimum atomic E-state index is 0.0396. The van der Waals surface area contributed by atoms with Gasteiger partial charge in [0.25, 0.3) is 5.91 Å². The molecule has 0 radical (unpaired) electrons. The van der Waals surface area contributed by atoms with Gasteiger partial charge in [0.05, 0.1) is 22.8 Å². The van der Waals surface area contributed by atoms with Gasteiger partial charge in [-0.25, -0.2) is 0 Å². The van der Waals surface area contributed by atoms with Gasteiger partial charge in [0, 0.05) is 11.5 Å². The quantitative estimate of drug-likeness (QED) is 0.607. The largest absolute Gasteiger partial charge is 0.497 e. The van der Waals surface area contributed by atoms with Crippen LogP contribution in [-0.2, 0) is 11.3 Å². The summed E-state index contributed by atoms with van der Waals surface area (Å²) < 4.78 is 6.92. The van der Waals surface area contributed by atoms with Crippen LogP contribution in [0.5, 0.6) is 5.75 Å². The van der Waals surface area contributed by atoms with Gasteiger partial charge in [0.1, 0.15) is 10.1 Å². The number of carbonyl (C=O) groups excluding carboxylic acids is 1. The summed E-state index contributed by atoms with van der Waals surface area (Å²) >= 11 is 10.3. The second kappa shape index (κ2) is 6.64. The molecule has 0 N–H and O–H groups in total. The van der Waals surface area contributed by atoms with Crippen LogP contribution in [0.1, 0.15) is 5.56 Å². The molecule has 2 saturated heterocycles. The maximum absolute atomic E-state index is 12.5. The van der Waals surface area contributed by atoms with Gasteiger partial charge in [0.15, 0.2) is 0 Å². The Bertz CT molecular complexity index is 604. The number of amides is 1. The second-order valence-corrected chi connectivity index (χ2v) is 8.53. The Hall–Kier alpha value is -0.630. The van der Waals surface area contributed by atoms with Gasteiger partial charge in [-0.05, 0) is 17.7 Å². The summed E-state index contributed by atoms with van der Waals surface area (Å²) in [4.78, 5) is 15.0. The highest BCUT2D eigenvalue weighted by Gasteiger charge is 2.35. The summed E-state index contributed by atoms with van der Waals surface area (Å²) in [6.07, 6.45) is 0. The van der Waals surface area contributed by atoms with E-state index in [9.17, 15) is 4.79 Å². The summed E-state index contributed by atoms with van der Waals surface area (Å²) in [6, 6.07) is 7.72. The highest BCUT2D eigenvalue weighted by atomic mass is 32.2. The summed E-state index contributed by atoms with van der Waals surface area (Å²) in [5, 5.41) is 0. The first-order chi connectivity index (χ1) is 10.2. The number of methoxy groups -OCH3 is 1. The Morgan fingerprint density at radius 3 is 2.52 bits per heavy atom. The molecule has 2 heterocycles. The molecule has 0 aromatic heterocycles. The van der Waals surface area contributed by atoms with Gasteiger partial charge in [-0.3, -0.25) is 9.69 Å². The smallest absolute Gasteiger partial charge is 0.268 e. The molecule has 0 unspecified atom stereocenters. The van der Waals surface area contributed by atoms with Gasteiger partial charge >= 0.3 is 0 Å². The molecule has 0 saturated carbocycles. The molecule has 1 aromatic carbocycles. The average molecular weight is 356 g/mol. The van der Waals surface area contributed by atoms with Crippen molar-refractivity contribution in [3.05, 3.63) is 39.0 Å². The van der Waals surface area contributed by atoms with Crippen LogP contribution in [-0.4, -0.2) is 33.7 Å². The first-order valence-corrected chi connectivity index (χ1v) is 9.55. The molecule has 21 heavy (non-hydrogen) atoms. The van der Waals surface area contributed by atoms with Crippen LogP contribution >= 0.6 is 47.5 Å². The van der Waals surface area contributed by atoms with Crippen molar-refractivity contribution in [3.63, 3.8) is 0 Å². The average Bonchev–Trinajstić information content (AvgIpc) is 3.11. The maximum Gasteiger partial charge on any atom is 0.268 e. The van der Waals surface area contributed by atoms with Gasteiger partial charge in [-0.15, -0.1) is 23.5 Å².